The number of hydrogen-bond acceptors (Lipinski definition) is 3. The van der Waals surface area contributed by atoms with E-state index in [1.807, 2.05) is 25.2 Å². The van der Waals surface area contributed by atoms with E-state index in [-0.39, 0.29) is 12.3 Å². The number of carbonyl (C=O) groups excluding carboxylic acids is 2. The first-order chi connectivity index (χ1) is 10.8. The molecule has 0 aromatic rings. The largest absolute Gasteiger partial charge is 0.444 e. The van der Waals surface area contributed by atoms with Crippen molar-refractivity contribution in [2.45, 2.75) is 39.7 Å². The highest BCUT2D eigenvalue weighted by Gasteiger charge is 2.14. The minimum atomic E-state index is -0.509. The molecule has 0 unspecified atom stereocenters. The molecule has 0 aromatic heterocycles. The van der Waals surface area contributed by atoms with Gasteiger partial charge >= 0.3 is 6.09 Å². The molecule has 5 heteroatoms. The van der Waals surface area contributed by atoms with Gasteiger partial charge in [0.2, 0.25) is 5.91 Å². The number of allylic oxidation sites excluding steroid dienone is 4. The van der Waals surface area contributed by atoms with Crippen molar-refractivity contribution >= 4 is 12.0 Å². The maximum Gasteiger partial charge on any atom is 0.407 e. The van der Waals surface area contributed by atoms with E-state index in [9.17, 15) is 9.59 Å². The van der Waals surface area contributed by atoms with Gasteiger partial charge in [0.05, 0.1) is 6.42 Å². The van der Waals surface area contributed by atoms with Crippen molar-refractivity contribution < 1.29 is 14.3 Å². The van der Waals surface area contributed by atoms with Gasteiger partial charge in [-0.25, -0.2) is 4.79 Å². The Morgan fingerprint density at radius 1 is 1.13 bits per heavy atom. The van der Waals surface area contributed by atoms with Crippen molar-refractivity contribution in [2.75, 3.05) is 13.1 Å². The third-order valence-electron chi connectivity index (χ3n) is 2.48. The second-order valence-electron chi connectivity index (χ2n) is 5.81. The second-order valence-corrected chi connectivity index (χ2v) is 5.81. The standard InChI is InChI=1S/C18H28N2O3/c1-6-8-11-15(7-2)14-16(21)19-12-9-10-13-20-17(22)23-18(3,4)5/h6-11H,2,12-14H2,1,3-5H3,(H,19,21)(H,20,22)/b8-6-,10-9+,15-11+. The van der Waals surface area contributed by atoms with Gasteiger partial charge in [0, 0.05) is 13.1 Å². The van der Waals surface area contributed by atoms with E-state index >= 15 is 0 Å². The van der Waals surface area contributed by atoms with E-state index in [4.69, 9.17) is 4.74 Å². The maximum absolute atomic E-state index is 11.7. The van der Waals surface area contributed by atoms with Gasteiger partial charge in [-0.15, -0.1) is 0 Å². The van der Waals surface area contributed by atoms with Gasteiger partial charge < -0.3 is 15.4 Å². The van der Waals surface area contributed by atoms with E-state index in [1.165, 1.54) is 0 Å². The van der Waals surface area contributed by atoms with E-state index in [0.717, 1.165) is 5.57 Å². The van der Waals surface area contributed by atoms with Crippen LogP contribution < -0.4 is 10.6 Å². The Morgan fingerprint density at radius 2 is 1.74 bits per heavy atom. The lowest BCUT2D eigenvalue weighted by Crippen LogP contribution is -2.32. The molecule has 0 aromatic carbocycles. The van der Waals surface area contributed by atoms with Gasteiger partial charge in [0.15, 0.2) is 0 Å². The van der Waals surface area contributed by atoms with Crippen LogP contribution in [-0.2, 0) is 9.53 Å². The zero-order valence-corrected chi connectivity index (χ0v) is 14.5. The van der Waals surface area contributed by atoms with E-state index in [2.05, 4.69) is 17.2 Å². The van der Waals surface area contributed by atoms with Crippen molar-refractivity contribution in [1.29, 1.82) is 0 Å². The number of alkyl carbamates (subject to hydrolysis) is 1. The molecule has 0 saturated carbocycles. The summed E-state index contributed by atoms with van der Waals surface area (Å²) < 4.78 is 5.10. The minimum absolute atomic E-state index is 0.0783. The maximum atomic E-state index is 11.7. The van der Waals surface area contributed by atoms with Crippen molar-refractivity contribution in [3.8, 4) is 0 Å². The first-order valence-electron chi connectivity index (χ1n) is 7.61. The molecule has 0 aliphatic heterocycles. The van der Waals surface area contributed by atoms with Crippen molar-refractivity contribution in [3.63, 3.8) is 0 Å². The minimum Gasteiger partial charge on any atom is -0.444 e. The highest BCUT2D eigenvalue weighted by atomic mass is 16.6. The van der Waals surface area contributed by atoms with Crippen molar-refractivity contribution in [1.82, 2.24) is 10.6 Å². The van der Waals surface area contributed by atoms with Crippen LogP contribution in [0.2, 0.25) is 0 Å². The van der Waals surface area contributed by atoms with Crippen LogP contribution in [0.5, 0.6) is 0 Å². The summed E-state index contributed by atoms with van der Waals surface area (Å²) in [6.45, 7) is 11.8. The number of rotatable bonds is 8. The number of carbonyl (C=O) groups is 2. The fourth-order valence-corrected chi connectivity index (χ4v) is 1.46. The molecular weight excluding hydrogens is 292 g/mol. The fourth-order valence-electron chi connectivity index (χ4n) is 1.46. The third-order valence-corrected chi connectivity index (χ3v) is 2.48. The Labute approximate surface area is 139 Å². The van der Waals surface area contributed by atoms with Crippen LogP contribution in [0.15, 0.2) is 48.6 Å². The molecule has 0 aliphatic rings. The summed E-state index contributed by atoms with van der Waals surface area (Å²) in [5, 5.41) is 5.37. The van der Waals surface area contributed by atoms with E-state index in [0.29, 0.717) is 13.1 Å². The van der Waals surface area contributed by atoms with Crippen LogP contribution in [0, 0.1) is 0 Å². The van der Waals surface area contributed by atoms with Gasteiger partial charge in [-0.1, -0.05) is 43.0 Å². The monoisotopic (exact) mass is 320 g/mol. The van der Waals surface area contributed by atoms with Crippen LogP contribution in [0.4, 0.5) is 4.79 Å². The molecule has 0 fully saturated rings. The molecule has 2 amide bonds. The third kappa shape index (κ3) is 13.1. The molecule has 0 bridgehead atoms. The average Bonchev–Trinajstić information content (AvgIpc) is 2.45. The Balaban J connectivity index is 3.95. The van der Waals surface area contributed by atoms with Gasteiger partial charge in [-0.05, 0) is 33.3 Å². The average molecular weight is 320 g/mol. The van der Waals surface area contributed by atoms with E-state index in [1.54, 1.807) is 39.0 Å². The van der Waals surface area contributed by atoms with Crippen LogP contribution in [0.25, 0.3) is 0 Å². The number of amides is 2. The number of hydrogen-bond donors (Lipinski definition) is 2. The predicted octanol–water partition coefficient (Wildman–Crippen LogP) is 3.26. The van der Waals surface area contributed by atoms with Gasteiger partial charge in [0.25, 0.3) is 0 Å². The summed E-state index contributed by atoms with van der Waals surface area (Å²) in [7, 11) is 0. The Bertz CT molecular complexity index is 483. The fraction of sp³-hybridized carbons (Fsp3) is 0.444. The van der Waals surface area contributed by atoms with Gasteiger partial charge in [0.1, 0.15) is 5.60 Å². The van der Waals surface area contributed by atoms with Gasteiger partial charge in [-0.2, -0.15) is 0 Å². The highest BCUT2D eigenvalue weighted by molar-refractivity contribution is 5.79. The summed E-state index contributed by atoms with van der Waals surface area (Å²) in [6, 6.07) is 0. The molecule has 0 spiro atoms. The van der Waals surface area contributed by atoms with Crippen LogP contribution >= 0.6 is 0 Å². The number of nitrogens with one attached hydrogen (secondary N) is 2. The topological polar surface area (TPSA) is 67.4 Å². The lowest BCUT2D eigenvalue weighted by molar-refractivity contribution is -0.120. The normalized spacial score (nSPS) is 12.4. The molecule has 0 heterocycles. The quantitative estimate of drug-likeness (QED) is 0.533. The molecular formula is C18H28N2O3. The molecule has 0 radical (unpaired) electrons. The first kappa shape index (κ1) is 20.7. The van der Waals surface area contributed by atoms with Crippen LogP contribution in [0.3, 0.4) is 0 Å². The zero-order chi connectivity index (χ0) is 17.7. The lowest BCUT2D eigenvalue weighted by Gasteiger charge is -2.19. The van der Waals surface area contributed by atoms with Crippen LogP contribution in [-0.4, -0.2) is 30.7 Å². The Kier molecular flexibility index (Phi) is 10.2. The number of ether oxygens (including phenoxy) is 1. The molecule has 23 heavy (non-hydrogen) atoms. The van der Waals surface area contributed by atoms with Crippen molar-refractivity contribution in [2.24, 2.45) is 0 Å². The molecule has 0 aliphatic carbocycles. The highest BCUT2D eigenvalue weighted by Crippen LogP contribution is 2.06. The second kappa shape index (κ2) is 11.3. The zero-order valence-electron chi connectivity index (χ0n) is 14.5. The molecule has 128 valence electrons. The first-order valence-corrected chi connectivity index (χ1v) is 7.61. The summed E-state index contributed by atoms with van der Waals surface area (Å²) in [5.41, 5.74) is 0.349. The smallest absolute Gasteiger partial charge is 0.407 e. The molecule has 0 atom stereocenters. The van der Waals surface area contributed by atoms with Gasteiger partial charge in [-0.3, -0.25) is 4.79 Å². The molecule has 0 saturated heterocycles. The summed E-state index contributed by atoms with van der Waals surface area (Å²) in [4.78, 5) is 23.1. The molecule has 5 nitrogen and oxygen atoms in total. The Hall–Kier alpha value is -2.30. The predicted molar refractivity (Wildman–Crippen MR) is 94.1 cm³/mol. The Morgan fingerprint density at radius 3 is 2.26 bits per heavy atom. The lowest BCUT2D eigenvalue weighted by atomic mass is 10.1. The van der Waals surface area contributed by atoms with Crippen molar-refractivity contribution in [3.05, 3.63) is 48.6 Å². The molecule has 2 N–H and O–H groups in total. The summed E-state index contributed by atoms with van der Waals surface area (Å²) >= 11 is 0. The molecule has 0 rings (SSSR count). The SMILES string of the molecule is C=C/C(=C\C=C/C)CC(=O)NC/C=C/CNC(=O)OC(C)(C)C. The summed E-state index contributed by atoms with van der Waals surface area (Å²) in [6.07, 6.45) is 10.6. The summed E-state index contributed by atoms with van der Waals surface area (Å²) in [5.74, 6) is -0.0783. The van der Waals surface area contributed by atoms with Crippen LogP contribution in [0.1, 0.15) is 34.1 Å². The van der Waals surface area contributed by atoms with E-state index < -0.39 is 11.7 Å².